The summed E-state index contributed by atoms with van der Waals surface area (Å²) < 4.78 is 19.0. The van der Waals surface area contributed by atoms with E-state index in [-0.39, 0.29) is 5.91 Å². The van der Waals surface area contributed by atoms with Crippen LogP contribution in [-0.2, 0) is 22.5 Å². The predicted octanol–water partition coefficient (Wildman–Crippen LogP) is 3.43. The van der Waals surface area contributed by atoms with Crippen LogP contribution in [0.4, 0.5) is 0 Å². The molecule has 3 aromatic rings. The van der Waals surface area contributed by atoms with Crippen molar-refractivity contribution in [2.24, 2.45) is 4.99 Å². The number of carbonyl (C=O) groups excluding carboxylic acids is 1. The van der Waals surface area contributed by atoms with Crippen molar-refractivity contribution in [1.82, 2.24) is 4.57 Å². The summed E-state index contributed by atoms with van der Waals surface area (Å²) >= 11 is 1.46. The molecule has 1 aromatic heterocycles. The molecule has 148 valence electrons. The van der Waals surface area contributed by atoms with Crippen LogP contribution in [0.5, 0.6) is 11.5 Å². The highest BCUT2D eigenvalue weighted by Crippen LogP contribution is 2.33. The van der Waals surface area contributed by atoms with E-state index in [2.05, 4.69) is 4.99 Å². The molecule has 0 aliphatic heterocycles. The summed E-state index contributed by atoms with van der Waals surface area (Å²) in [6.45, 7) is 1.11. The van der Waals surface area contributed by atoms with E-state index in [0.29, 0.717) is 42.3 Å². The summed E-state index contributed by atoms with van der Waals surface area (Å²) in [5.74, 6) is 1.15. The van der Waals surface area contributed by atoms with Crippen LogP contribution in [0.25, 0.3) is 10.2 Å². The van der Waals surface area contributed by atoms with Crippen LogP contribution in [0.15, 0.2) is 47.5 Å². The molecule has 0 N–H and O–H groups in total. The third-order valence-electron chi connectivity index (χ3n) is 4.40. The predicted molar refractivity (Wildman–Crippen MR) is 110 cm³/mol. The maximum Gasteiger partial charge on any atom is 0.248 e. The number of ether oxygens (including phenoxy) is 3. The Hall–Kier alpha value is -2.64. The number of hydrogen-bond donors (Lipinski definition) is 0. The average Bonchev–Trinajstić information content (AvgIpc) is 3.05. The van der Waals surface area contributed by atoms with Gasteiger partial charge in [-0.2, -0.15) is 4.99 Å². The molecule has 0 unspecified atom stereocenters. The SMILES string of the molecule is COCCn1c(=NC(=O)CCc2ccccc2)sc2cc(OC)c(OC)cc21. The van der Waals surface area contributed by atoms with Crippen LogP contribution in [-0.4, -0.2) is 38.4 Å². The van der Waals surface area contributed by atoms with Gasteiger partial charge in [-0.05, 0) is 12.0 Å². The number of amides is 1. The van der Waals surface area contributed by atoms with Crippen LogP contribution >= 0.6 is 11.3 Å². The highest BCUT2D eigenvalue weighted by atomic mass is 32.1. The number of methoxy groups -OCH3 is 3. The maximum absolute atomic E-state index is 12.5. The standard InChI is InChI=1S/C21H24N2O4S/c1-25-12-11-23-16-13-17(26-2)18(27-3)14-19(16)28-21(23)22-20(24)10-9-15-7-5-4-6-8-15/h4-8,13-14H,9-12H2,1-3H3. The summed E-state index contributed by atoms with van der Waals surface area (Å²) in [4.78, 5) is 17.5. The third-order valence-corrected chi connectivity index (χ3v) is 5.44. The van der Waals surface area contributed by atoms with Gasteiger partial charge >= 0.3 is 0 Å². The Morgan fingerprint density at radius 2 is 1.79 bits per heavy atom. The largest absolute Gasteiger partial charge is 0.493 e. The van der Waals surface area contributed by atoms with Crippen molar-refractivity contribution in [2.75, 3.05) is 27.9 Å². The van der Waals surface area contributed by atoms with E-state index in [4.69, 9.17) is 14.2 Å². The number of aromatic nitrogens is 1. The van der Waals surface area contributed by atoms with Crippen molar-refractivity contribution in [2.45, 2.75) is 19.4 Å². The van der Waals surface area contributed by atoms with Gasteiger partial charge in [0.1, 0.15) is 0 Å². The highest BCUT2D eigenvalue weighted by Gasteiger charge is 2.13. The molecule has 1 heterocycles. The Kier molecular flexibility index (Phi) is 6.84. The molecular weight excluding hydrogens is 376 g/mol. The van der Waals surface area contributed by atoms with Gasteiger partial charge in [-0.1, -0.05) is 41.7 Å². The zero-order valence-corrected chi connectivity index (χ0v) is 17.1. The number of thiazole rings is 1. The average molecular weight is 401 g/mol. The molecule has 0 bridgehead atoms. The molecule has 0 radical (unpaired) electrons. The van der Waals surface area contributed by atoms with Gasteiger partial charge in [0, 0.05) is 32.2 Å². The Morgan fingerprint density at radius 1 is 1.07 bits per heavy atom. The van der Waals surface area contributed by atoms with Gasteiger partial charge in [0.15, 0.2) is 16.3 Å². The molecule has 0 aliphatic rings. The number of carbonyl (C=O) groups is 1. The molecule has 0 aliphatic carbocycles. The molecule has 0 spiro atoms. The number of aryl methyl sites for hydroxylation is 1. The quantitative estimate of drug-likeness (QED) is 0.581. The van der Waals surface area contributed by atoms with Gasteiger partial charge in [-0.15, -0.1) is 0 Å². The van der Waals surface area contributed by atoms with E-state index in [9.17, 15) is 4.79 Å². The topological polar surface area (TPSA) is 62.1 Å². The fraction of sp³-hybridized carbons (Fsp3) is 0.333. The lowest BCUT2D eigenvalue weighted by atomic mass is 10.1. The first-order valence-electron chi connectivity index (χ1n) is 9.02. The summed E-state index contributed by atoms with van der Waals surface area (Å²) in [5, 5.41) is 0. The lowest BCUT2D eigenvalue weighted by Crippen LogP contribution is -2.19. The zero-order valence-electron chi connectivity index (χ0n) is 16.3. The van der Waals surface area contributed by atoms with E-state index in [1.54, 1.807) is 21.3 Å². The van der Waals surface area contributed by atoms with Gasteiger partial charge < -0.3 is 18.8 Å². The minimum atomic E-state index is -0.138. The second-order valence-corrected chi connectivity index (χ2v) is 7.20. The number of rotatable bonds is 8. The van der Waals surface area contributed by atoms with Gasteiger partial charge in [-0.3, -0.25) is 4.79 Å². The minimum absolute atomic E-state index is 0.138. The van der Waals surface area contributed by atoms with Gasteiger partial charge in [-0.25, -0.2) is 0 Å². The maximum atomic E-state index is 12.5. The third kappa shape index (κ3) is 4.61. The molecule has 0 fully saturated rings. The summed E-state index contributed by atoms with van der Waals surface area (Å²) in [6.07, 6.45) is 1.04. The van der Waals surface area contributed by atoms with Crippen LogP contribution in [0, 0.1) is 0 Å². The fourth-order valence-electron chi connectivity index (χ4n) is 2.94. The Labute approximate surface area is 168 Å². The molecule has 3 rings (SSSR count). The number of hydrogen-bond acceptors (Lipinski definition) is 5. The summed E-state index contributed by atoms with van der Waals surface area (Å²) in [6, 6.07) is 13.8. The Balaban J connectivity index is 1.95. The van der Waals surface area contributed by atoms with Gasteiger partial charge in [0.05, 0.1) is 31.0 Å². The lowest BCUT2D eigenvalue weighted by Gasteiger charge is -2.09. The van der Waals surface area contributed by atoms with Crippen LogP contribution in [0.1, 0.15) is 12.0 Å². The minimum Gasteiger partial charge on any atom is -0.493 e. The molecule has 7 heteroatoms. The molecule has 0 atom stereocenters. The molecule has 28 heavy (non-hydrogen) atoms. The smallest absolute Gasteiger partial charge is 0.248 e. The molecule has 2 aromatic carbocycles. The van der Waals surface area contributed by atoms with E-state index >= 15 is 0 Å². The van der Waals surface area contributed by atoms with Crippen LogP contribution in [0.2, 0.25) is 0 Å². The van der Waals surface area contributed by atoms with Crippen molar-refractivity contribution >= 4 is 27.5 Å². The first-order valence-corrected chi connectivity index (χ1v) is 9.83. The Morgan fingerprint density at radius 3 is 2.46 bits per heavy atom. The summed E-state index contributed by atoms with van der Waals surface area (Å²) in [5.41, 5.74) is 2.07. The van der Waals surface area contributed by atoms with Crippen molar-refractivity contribution < 1.29 is 19.0 Å². The van der Waals surface area contributed by atoms with E-state index in [0.717, 1.165) is 15.8 Å². The Bertz CT molecular complexity index is 1010. The van der Waals surface area contributed by atoms with E-state index < -0.39 is 0 Å². The molecule has 6 nitrogen and oxygen atoms in total. The lowest BCUT2D eigenvalue weighted by molar-refractivity contribution is -0.118. The number of fused-ring (bicyclic) bond motifs is 1. The second kappa shape index (κ2) is 9.52. The number of nitrogens with zero attached hydrogens (tertiary/aromatic N) is 2. The summed E-state index contributed by atoms with van der Waals surface area (Å²) in [7, 11) is 4.86. The van der Waals surface area contributed by atoms with Crippen LogP contribution < -0.4 is 14.3 Å². The van der Waals surface area contributed by atoms with Crippen LogP contribution in [0.3, 0.4) is 0 Å². The molecule has 0 saturated carbocycles. The molecule has 0 saturated heterocycles. The van der Waals surface area contributed by atoms with Gasteiger partial charge in [0.2, 0.25) is 5.91 Å². The zero-order chi connectivity index (χ0) is 19.9. The first-order chi connectivity index (χ1) is 13.7. The fourth-order valence-corrected chi connectivity index (χ4v) is 4.02. The monoisotopic (exact) mass is 400 g/mol. The van der Waals surface area contributed by atoms with Gasteiger partial charge in [0.25, 0.3) is 0 Å². The van der Waals surface area contributed by atoms with E-state index in [1.807, 2.05) is 47.0 Å². The number of benzene rings is 2. The second-order valence-electron chi connectivity index (χ2n) is 6.20. The molecule has 1 amide bonds. The van der Waals surface area contributed by atoms with Crippen molar-refractivity contribution in [3.05, 3.63) is 52.8 Å². The van der Waals surface area contributed by atoms with E-state index in [1.165, 1.54) is 11.3 Å². The normalized spacial score (nSPS) is 11.8. The highest BCUT2D eigenvalue weighted by molar-refractivity contribution is 7.16. The van der Waals surface area contributed by atoms with Crippen molar-refractivity contribution in [3.8, 4) is 11.5 Å². The first kappa shape index (κ1) is 20.1. The molecular formula is C21H24N2O4S. The van der Waals surface area contributed by atoms with Crippen molar-refractivity contribution in [1.29, 1.82) is 0 Å². The van der Waals surface area contributed by atoms with Crippen molar-refractivity contribution in [3.63, 3.8) is 0 Å².